The van der Waals surface area contributed by atoms with Crippen molar-refractivity contribution in [2.45, 2.75) is 19.5 Å². The average molecular weight is 334 g/mol. The van der Waals surface area contributed by atoms with Crippen LogP contribution in [0, 0.1) is 6.92 Å². The van der Waals surface area contributed by atoms with E-state index in [-0.39, 0.29) is 0 Å². The highest BCUT2D eigenvalue weighted by Crippen LogP contribution is 2.32. The summed E-state index contributed by atoms with van der Waals surface area (Å²) in [6.45, 7) is 4.25. The molecule has 1 aliphatic rings. The maximum atomic E-state index is 4.62. The Morgan fingerprint density at radius 2 is 1.92 bits per heavy atom. The fraction of sp³-hybridized carbons (Fsp3) is 0.286. The van der Waals surface area contributed by atoms with Crippen molar-refractivity contribution >= 4 is 22.7 Å². The molecule has 0 N–H and O–H groups in total. The number of pyridine rings is 1. The summed E-state index contributed by atoms with van der Waals surface area (Å²) < 4.78 is 0. The molecule has 0 spiro atoms. The fourth-order valence-electron chi connectivity index (χ4n) is 3.44. The predicted molar refractivity (Wildman–Crippen MR) is 103 cm³/mol. The van der Waals surface area contributed by atoms with Gasteiger partial charge in [0.25, 0.3) is 0 Å². The van der Waals surface area contributed by atoms with E-state index in [1.165, 1.54) is 33.6 Å². The zero-order chi connectivity index (χ0) is 16.4. The zero-order valence-corrected chi connectivity index (χ0v) is 14.8. The van der Waals surface area contributed by atoms with E-state index in [9.17, 15) is 0 Å². The lowest BCUT2D eigenvalue weighted by Gasteiger charge is -2.36. The van der Waals surface area contributed by atoms with E-state index in [2.05, 4.69) is 77.1 Å². The quantitative estimate of drug-likeness (QED) is 0.682. The van der Waals surface area contributed by atoms with Gasteiger partial charge < -0.3 is 0 Å². The molecule has 0 saturated carbocycles. The van der Waals surface area contributed by atoms with E-state index in [1.807, 2.05) is 12.3 Å². The van der Waals surface area contributed by atoms with Crippen LogP contribution in [0.1, 0.15) is 22.7 Å². The lowest BCUT2D eigenvalue weighted by Crippen LogP contribution is -2.35. The third-order valence-corrected chi connectivity index (χ3v) is 5.81. The maximum absolute atomic E-state index is 4.62. The zero-order valence-electron chi connectivity index (χ0n) is 14.0. The highest BCUT2D eigenvalue weighted by Gasteiger charge is 2.24. The predicted octanol–water partition coefficient (Wildman–Crippen LogP) is 4.83. The Morgan fingerprint density at radius 1 is 1.08 bits per heavy atom. The summed E-state index contributed by atoms with van der Waals surface area (Å²) in [5.41, 5.74) is 5.23. The van der Waals surface area contributed by atoms with E-state index in [1.54, 1.807) is 0 Å². The van der Waals surface area contributed by atoms with Gasteiger partial charge in [-0.15, -0.1) is 0 Å². The molecule has 2 heterocycles. The van der Waals surface area contributed by atoms with Gasteiger partial charge in [-0.2, -0.15) is 11.8 Å². The highest BCUT2D eigenvalue weighted by atomic mass is 32.2. The Hall–Kier alpha value is -1.84. The number of thioether (sulfide) groups is 1. The minimum absolute atomic E-state index is 0.489. The summed E-state index contributed by atoms with van der Waals surface area (Å²) in [5, 5.41) is 1.23. The van der Waals surface area contributed by atoms with Crippen molar-refractivity contribution in [3.05, 3.63) is 77.5 Å². The molecule has 0 bridgehead atoms. The minimum atomic E-state index is 0.489. The van der Waals surface area contributed by atoms with Crippen LogP contribution in [0.5, 0.6) is 0 Å². The standard InChI is InChI=1S/C21H22N2S/c1-16-7-9-17(10-8-16)20-15-24-13-12-23(20)14-19-5-2-4-18-6-3-11-22-21(18)19/h2-11,20H,12-15H2,1H3. The third-order valence-electron chi connectivity index (χ3n) is 4.79. The van der Waals surface area contributed by atoms with Crippen molar-refractivity contribution in [3.63, 3.8) is 0 Å². The molecule has 3 heteroatoms. The van der Waals surface area contributed by atoms with Crippen molar-refractivity contribution < 1.29 is 0 Å². The van der Waals surface area contributed by atoms with Crippen LogP contribution in [0.15, 0.2) is 60.8 Å². The van der Waals surface area contributed by atoms with Gasteiger partial charge in [0.2, 0.25) is 0 Å². The van der Waals surface area contributed by atoms with E-state index in [0.29, 0.717) is 6.04 Å². The summed E-state index contributed by atoms with van der Waals surface area (Å²) in [5.74, 6) is 2.38. The van der Waals surface area contributed by atoms with E-state index < -0.39 is 0 Å². The Balaban J connectivity index is 1.64. The number of aromatic nitrogens is 1. The topological polar surface area (TPSA) is 16.1 Å². The van der Waals surface area contributed by atoms with Crippen LogP contribution in [-0.4, -0.2) is 27.9 Å². The van der Waals surface area contributed by atoms with Crippen molar-refractivity contribution in [1.82, 2.24) is 9.88 Å². The van der Waals surface area contributed by atoms with Crippen LogP contribution in [0.3, 0.4) is 0 Å². The lowest BCUT2D eigenvalue weighted by molar-refractivity contribution is 0.213. The smallest absolute Gasteiger partial charge is 0.0746 e. The molecule has 24 heavy (non-hydrogen) atoms. The van der Waals surface area contributed by atoms with Crippen LogP contribution >= 0.6 is 11.8 Å². The van der Waals surface area contributed by atoms with Gasteiger partial charge in [-0.05, 0) is 24.1 Å². The second kappa shape index (κ2) is 6.96. The molecule has 1 fully saturated rings. The summed E-state index contributed by atoms with van der Waals surface area (Å²) in [7, 11) is 0. The van der Waals surface area contributed by atoms with Gasteiger partial charge in [-0.25, -0.2) is 0 Å². The van der Waals surface area contributed by atoms with Crippen LogP contribution in [0.4, 0.5) is 0 Å². The molecule has 1 unspecified atom stereocenters. The lowest BCUT2D eigenvalue weighted by atomic mass is 10.0. The summed E-state index contributed by atoms with van der Waals surface area (Å²) in [6, 6.07) is 20.2. The first-order valence-corrected chi connectivity index (χ1v) is 9.68. The molecule has 0 aliphatic carbocycles. The molecule has 4 rings (SSSR count). The van der Waals surface area contributed by atoms with Gasteiger partial charge in [0, 0.05) is 42.2 Å². The van der Waals surface area contributed by atoms with Gasteiger partial charge in [0.15, 0.2) is 0 Å². The maximum Gasteiger partial charge on any atom is 0.0746 e. The molecule has 1 saturated heterocycles. The van der Waals surface area contributed by atoms with Crippen molar-refractivity contribution in [2.75, 3.05) is 18.1 Å². The largest absolute Gasteiger partial charge is 0.290 e. The van der Waals surface area contributed by atoms with E-state index in [4.69, 9.17) is 0 Å². The molecule has 0 amide bonds. The summed E-state index contributed by atoms with van der Waals surface area (Å²) in [4.78, 5) is 7.24. The van der Waals surface area contributed by atoms with E-state index in [0.717, 1.165) is 18.6 Å². The molecule has 1 atom stereocenters. The Bertz CT molecular complexity index is 823. The number of aryl methyl sites for hydroxylation is 1. The second-order valence-electron chi connectivity index (χ2n) is 6.46. The SMILES string of the molecule is Cc1ccc(C2CSCCN2Cc2cccc3cccnc23)cc1. The number of benzene rings is 2. The van der Waals surface area contributed by atoms with Crippen molar-refractivity contribution in [2.24, 2.45) is 0 Å². The van der Waals surface area contributed by atoms with Gasteiger partial charge in [-0.3, -0.25) is 9.88 Å². The van der Waals surface area contributed by atoms with Gasteiger partial charge >= 0.3 is 0 Å². The molecule has 2 nitrogen and oxygen atoms in total. The molecule has 0 radical (unpaired) electrons. The molecular formula is C21H22N2S. The van der Waals surface area contributed by atoms with Crippen LogP contribution < -0.4 is 0 Å². The van der Waals surface area contributed by atoms with E-state index >= 15 is 0 Å². The second-order valence-corrected chi connectivity index (χ2v) is 7.61. The molecule has 1 aromatic heterocycles. The minimum Gasteiger partial charge on any atom is -0.290 e. The van der Waals surface area contributed by atoms with Gasteiger partial charge in [-0.1, -0.05) is 54.1 Å². The first-order chi connectivity index (χ1) is 11.8. The number of para-hydroxylation sites is 1. The molecule has 122 valence electrons. The highest BCUT2D eigenvalue weighted by molar-refractivity contribution is 7.99. The number of hydrogen-bond acceptors (Lipinski definition) is 3. The Morgan fingerprint density at radius 3 is 2.79 bits per heavy atom. The third kappa shape index (κ3) is 3.19. The average Bonchev–Trinajstić information content (AvgIpc) is 2.63. The number of rotatable bonds is 3. The van der Waals surface area contributed by atoms with Crippen LogP contribution in [0.2, 0.25) is 0 Å². The van der Waals surface area contributed by atoms with Crippen molar-refractivity contribution in [3.8, 4) is 0 Å². The number of nitrogens with zero attached hydrogens (tertiary/aromatic N) is 2. The summed E-state index contributed by atoms with van der Waals surface area (Å²) in [6.07, 6.45) is 1.90. The number of fused-ring (bicyclic) bond motifs is 1. The molecular weight excluding hydrogens is 312 g/mol. The summed E-state index contributed by atoms with van der Waals surface area (Å²) >= 11 is 2.06. The molecule has 3 aromatic rings. The molecule has 1 aliphatic heterocycles. The monoisotopic (exact) mass is 334 g/mol. The van der Waals surface area contributed by atoms with Gasteiger partial charge in [0.1, 0.15) is 0 Å². The first kappa shape index (κ1) is 15.7. The van der Waals surface area contributed by atoms with Crippen LogP contribution in [0.25, 0.3) is 10.9 Å². The van der Waals surface area contributed by atoms with Gasteiger partial charge in [0.05, 0.1) is 5.52 Å². The fourth-order valence-corrected chi connectivity index (χ4v) is 4.59. The van der Waals surface area contributed by atoms with Crippen LogP contribution in [-0.2, 0) is 6.54 Å². The Kier molecular flexibility index (Phi) is 4.54. The molecule has 2 aromatic carbocycles. The van der Waals surface area contributed by atoms with Crippen molar-refractivity contribution in [1.29, 1.82) is 0 Å². The Labute approximate surface area is 147 Å². The number of hydrogen-bond donors (Lipinski definition) is 0. The normalized spacial score (nSPS) is 18.8. The first-order valence-electron chi connectivity index (χ1n) is 8.52.